The van der Waals surface area contributed by atoms with Crippen molar-refractivity contribution in [3.05, 3.63) is 45.2 Å². The molecule has 0 aliphatic heterocycles. The zero-order valence-corrected chi connectivity index (χ0v) is 11.3. The molecule has 6 nitrogen and oxygen atoms in total. The molecule has 0 bridgehead atoms. The van der Waals surface area contributed by atoms with Gasteiger partial charge in [-0.2, -0.15) is 0 Å². The molecule has 0 N–H and O–H groups in total. The molecule has 0 unspecified atom stereocenters. The summed E-state index contributed by atoms with van der Waals surface area (Å²) in [4.78, 5) is 24.0. The molecule has 0 aliphatic carbocycles. The SMILES string of the molecule is CC(=O)c1cc([N+](=O)[O-])c(N(C)Cc2ccoc2)s1. The lowest BCUT2D eigenvalue weighted by Gasteiger charge is -2.15. The van der Waals surface area contributed by atoms with Gasteiger partial charge in [0.2, 0.25) is 0 Å². The highest BCUT2D eigenvalue weighted by Gasteiger charge is 2.23. The fourth-order valence-corrected chi connectivity index (χ4v) is 2.66. The van der Waals surface area contributed by atoms with Crippen LogP contribution < -0.4 is 4.90 Å². The van der Waals surface area contributed by atoms with E-state index in [9.17, 15) is 14.9 Å². The van der Waals surface area contributed by atoms with Crippen molar-refractivity contribution in [3.63, 3.8) is 0 Å². The highest BCUT2D eigenvalue weighted by atomic mass is 32.1. The molecule has 0 aromatic carbocycles. The van der Waals surface area contributed by atoms with E-state index in [0.717, 1.165) is 16.9 Å². The van der Waals surface area contributed by atoms with Crippen LogP contribution in [-0.2, 0) is 6.54 Å². The van der Waals surface area contributed by atoms with E-state index in [0.29, 0.717) is 16.4 Å². The Morgan fingerprint density at radius 3 is 2.84 bits per heavy atom. The van der Waals surface area contributed by atoms with Crippen molar-refractivity contribution in [1.29, 1.82) is 0 Å². The van der Waals surface area contributed by atoms with Crippen LogP contribution in [0.15, 0.2) is 29.1 Å². The summed E-state index contributed by atoms with van der Waals surface area (Å²) in [7, 11) is 1.75. The molecule has 0 saturated carbocycles. The van der Waals surface area contributed by atoms with E-state index in [2.05, 4.69) is 0 Å². The van der Waals surface area contributed by atoms with Gasteiger partial charge in [0.15, 0.2) is 10.8 Å². The number of ketones is 1. The molecular formula is C12H12N2O4S. The van der Waals surface area contributed by atoms with Gasteiger partial charge in [0.05, 0.1) is 22.3 Å². The van der Waals surface area contributed by atoms with E-state index in [4.69, 9.17) is 4.42 Å². The van der Waals surface area contributed by atoms with Gasteiger partial charge in [0.1, 0.15) is 0 Å². The zero-order valence-electron chi connectivity index (χ0n) is 10.5. The van der Waals surface area contributed by atoms with Crippen LogP contribution in [0.4, 0.5) is 10.7 Å². The standard InChI is InChI=1S/C12H12N2O4S/c1-8(15)11-5-10(14(16)17)12(19-11)13(2)6-9-3-4-18-7-9/h3-5,7H,6H2,1-2H3. The van der Waals surface area contributed by atoms with Crippen molar-refractivity contribution in [2.45, 2.75) is 13.5 Å². The lowest BCUT2D eigenvalue weighted by molar-refractivity contribution is -0.383. The van der Waals surface area contributed by atoms with E-state index in [-0.39, 0.29) is 11.5 Å². The third-order valence-electron chi connectivity index (χ3n) is 2.58. The minimum absolute atomic E-state index is 0.0406. The summed E-state index contributed by atoms with van der Waals surface area (Å²) in [5.41, 5.74) is 0.871. The van der Waals surface area contributed by atoms with Crippen LogP contribution in [0.1, 0.15) is 22.2 Å². The fraction of sp³-hybridized carbons (Fsp3) is 0.250. The van der Waals surface area contributed by atoms with Crippen LogP contribution in [0.2, 0.25) is 0 Å². The second-order valence-corrected chi connectivity index (χ2v) is 5.13. The van der Waals surface area contributed by atoms with Crippen molar-refractivity contribution < 1.29 is 14.1 Å². The van der Waals surface area contributed by atoms with Crippen molar-refractivity contribution in [1.82, 2.24) is 0 Å². The van der Waals surface area contributed by atoms with Crippen LogP contribution in [-0.4, -0.2) is 17.8 Å². The Morgan fingerprint density at radius 1 is 1.58 bits per heavy atom. The van der Waals surface area contributed by atoms with Crippen molar-refractivity contribution in [2.75, 3.05) is 11.9 Å². The van der Waals surface area contributed by atoms with E-state index >= 15 is 0 Å². The van der Waals surface area contributed by atoms with Crippen LogP contribution >= 0.6 is 11.3 Å². The first-order chi connectivity index (χ1) is 8.99. The van der Waals surface area contributed by atoms with Gasteiger partial charge in [-0.15, -0.1) is 11.3 Å². The molecule has 0 saturated heterocycles. The molecule has 0 radical (unpaired) electrons. The predicted molar refractivity (Wildman–Crippen MR) is 71.8 cm³/mol. The summed E-state index contributed by atoms with van der Waals surface area (Å²) in [5.74, 6) is -0.170. The molecule has 7 heteroatoms. The lowest BCUT2D eigenvalue weighted by Crippen LogP contribution is -2.15. The zero-order chi connectivity index (χ0) is 14.0. The summed E-state index contributed by atoms with van der Waals surface area (Å²) < 4.78 is 4.96. The summed E-state index contributed by atoms with van der Waals surface area (Å²) in [6, 6.07) is 3.12. The van der Waals surface area contributed by atoms with Gasteiger partial charge in [-0.25, -0.2) is 0 Å². The van der Waals surface area contributed by atoms with Crippen LogP contribution in [0.25, 0.3) is 0 Å². The van der Waals surface area contributed by atoms with Crippen molar-refractivity contribution in [3.8, 4) is 0 Å². The second-order valence-electron chi connectivity index (χ2n) is 4.10. The van der Waals surface area contributed by atoms with E-state index in [1.54, 1.807) is 30.5 Å². The first kappa shape index (κ1) is 13.3. The van der Waals surface area contributed by atoms with Crippen molar-refractivity contribution >= 4 is 27.8 Å². The summed E-state index contributed by atoms with van der Waals surface area (Å²) >= 11 is 1.13. The average molecular weight is 280 g/mol. The van der Waals surface area contributed by atoms with Gasteiger partial charge in [-0.3, -0.25) is 14.9 Å². The molecule has 0 aliphatic rings. The first-order valence-electron chi connectivity index (χ1n) is 5.50. The van der Waals surface area contributed by atoms with Gasteiger partial charge < -0.3 is 9.32 Å². The van der Waals surface area contributed by atoms with Gasteiger partial charge >= 0.3 is 5.69 Å². The number of anilines is 1. The first-order valence-corrected chi connectivity index (χ1v) is 6.32. The minimum Gasteiger partial charge on any atom is -0.472 e. The van der Waals surface area contributed by atoms with E-state index in [1.807, 2.05) is 0 Å². The van der Waals surface area contributed by atoms with E-state index < -0.39 is 4.92 Å². The van der Waals surface area contributed by atoms with Gasteiger partial charge in [-0.1, -0.05) is 0 Å². The third-order valence-corrected chi connectivity index (χ3v) is 3.92. The van der Waals surface area contributed by atoms with Crippen molar-refractivity contribution in [2.24, 2.45) is 0 Å². The van der Waals surface area contributed by atoms with Crippen LogP contribution in [0.3, 0.4) is 0 Å². The Kier molecular flexibility index (Phi) is 3.66. The molecular weight excluding hydrogens is 268 g/mol. The largest absolute Gasteiger partial charge is 0.472 e. The number of rotatable bonds is 5. The molecule has 0 spiro atoms. The normalized spacial score (nSPS) is 10.4. The molecule has 0 fully saturated rings. The Balaban J connectivity index is 2.31. The number of carbonyl (C=O) groups is 1. The number of thiophene rings is 1. The molecule has 100 valence electrons. The summed E-state index contributed by atoms with van der Waals surface area (Å²) in [5, 5.41) is 11.5. The maximum Gasteiger partial charge on any atom is 0.304 e. The van der Waals surface area contributed by atoms with Gasteiger partial charge in [0, 0.05) is 25.2 Å². The number of nitrogens with zero attached hydrogens (tertiary/aromatic N) is 2. The molecule has 2 rings (SSSR count). The topological polar surface area (TPSA) is 76.6 Å². The number of furan rings is 1. The number of nitro groups is 1. The predicted octanol–water partition coefficient (Wildman–Crippen LogP) is 3.09. The fourth-order valence-electron chi connectivity index (χ4n) is 1.68. The maximum atomic E-state index is 11.3. The molecule has 2 aromatic heterocycles. The second kappa shape index (κ2) is 5.23. The minimum atomic E-state index is -0.468. The summed E-state index contributed by atoms with van der Waals surface area (Å²) in [6.07, 6.45) is 3.13. The third kappa shape index (κ3) is 2.82. The molecule has 0 atom stereocenters. The van der Waals surface area contributed by atoms with Gasteiger partial charge in [-0.05, 0) is 13.0 Å². The highest BCUT2D eigenvalue weighted by molar-refractivity contribution is 7.18. The number of Topliss-reactive ketones (excluding diaryl/α,β-unsaturated/α-hetero) is 1. The van der Waals surface area contributed by atoms with Gasteiger partial charge in [0.25, 0.3) is 0 Å². The molecule has 2 aromatic rings. The molecule has 2 heterocycles. The quantitative estimate of drug-likeness (QED) is 0.478. The Labute approximate surface area is 113 Å². The lowest BCUT2D eigenvalue weighted by atomic mass is 10.3. The number of hydrogen-bond acceptors (Lipinski definition) is 6. The van der Waals surface area contributed by atoms with Crippen LogP contribution in [0, 0.1) is 10.1 Å². The Hall–Kier alpha value is -2.15. The summed E-state index contributed by atoms with van der Waals surface area (Å²) in [6.45, 7) is 1.88. The molecule has 19 heavy (non-hydrogen) atoms. The number of hydrogen-bond donors (Lipinski definition) is 0. The van der Waals surface area contributed by atoms with Crippen LogP contribution in [0.5, 0.6) is 0 Å². The Bertz CT molecular complexity index is 603. The van der Waals surface area contributed by atoms with E-state index in [1.165, 1.54) is 13.0 Å². The molecule has 0 amide bonds. The smallest absolute Gasteiger partial charge is 0.304 e. The highest BCUT2D eigenvalue weighted by Crippen LogP contribution is 2.37. The number of carbonyl (C=O) groups excluding carboxylic acids is 1. The maximum absolute atomic E-state index is 11.3. The monoisotopic (exact) mass is 280 g/mol. The average Bonchev–Trinajstić information content (AvgIpc) is 2.96. The Morgan fingerprint density at radius 2 is 2.32 bits per heavy atom.